The molecule has 1 N–H and O–H groups in total. The summed E-state index contributed by atoms with van der Waals surface area (Å²) in [6.45, 7) is 10.6. The second-order valence-corrected chi connectivity index (χ2v) is 14.4. The number of hydrogen-bond donors (Lipinski definition) is 1. The summed E-state index contributed by atoms with van der Waals surface area (Å²) < 4.78 is 23.7. The molecule has 7 rings (SSSR count). The number of rotatable bonds is 6. The first-order valence-corrected chi connectivity index (χ1v) is 14.7. The molecule has 7 unspecified atom stereocenters. The molecule has 8 atom stereocenters. The van der Waals surface area contributed by atoms with Gasteiger partial charge < -0.3 is 24.1 Å². The van der Waals surface area contributed by atoms with E-state index in [1.54, 1.807) is 7.11 Å². The molecule has 1 aromatic rings. The van der Waals surface area contributed by atoms with Crippen LogP contribution >= 0.6 is 11.6 Å². The smallest absolute Gasteiger partial charge is 0.483 e. The highest BCUT2D eigenvalue weighted by molar-refractivity contribution is 6.17. The summed E-state index contributed by atoms with van der Waals surface area (Å²) in [5.41, 5.74) is 1.19. The fourth-order valence-corrected chi connectivity index (χ4v) is 9.50. The number of aliphatic hydroxyl groups is 1. The van der Waals surface area contributed by atoms with Gasteiger partial charge in [-0.2, -0.15) is 0 Å². The molecule has 6 aliphatic rings. The average Bonchev–Trinajstić information content (AvgIpc) is 3.55. The molecule has 3 saturated carbocycles. The van der Waals surface area contributed by atoms with Crippen molar-refractivity contribution in [2.45, 2.75) is 89.1 Å². The van der Waals surface area contributed by atoms with Crippen molar-refractivity contribution in [2.24, 2.45) is 28.6 Å². The van der Waals surface area contributed by atoms with E-state index in [1.807, 2.05) is 13.0 Å². The molecule has 38 heavy (non-hydrogen) atoms. The van der Waals surface area contributed by atoms with Crippen molar-refractivity contribution in [2.75, 3.05) is 26.3 Å². The van der Waals surface area contributed by atoms with Crippen molar-refractivity contribution in [3.8, 4) is 11.5 Å². The maximum atomic E-state index is 12.3. The minimum absolute atomic E-state index is 0.101. The molecule has 1 saturated heterocycles. The van der Waals surface area contributed by atoms with Crippen molar-refractivity contribution in [1.29, 1.82) is 0 Å². The van der Waals surface area contributed by atoms with Crippen LogP contribution in [0.3, 0.4) is 0 Å². The van der Waals surface area contributed by atoms with Gasteiger partial charge in [-0.05, 0) is 67.9 Å². The molecule has 8 heteroatoms. The predicted octanol–water partition coefficient (Wildman–Crippen LogP) is 4.89. The van der Waals surface area contributed by atoms with Crippen molar-refractivity contribution in [3.05, 3.63) is 23.3 Å². The number of likely N-dealkylation sites (tertiary alicyclic amines) is 1. The third-order valence-corrected chi connectivity index (χ3v) is 11.6. The lowest BCUT2D eigenvalue weighted by molar-refractivity contribution is -0.191. The van der Waals surface area contributed by atoms with Crippen LogP contribution in [0.5, 0.6) is 11.5 Å². The highest BCUT2D eigenvalue weighted by atomic mass is 35.5. The summed E-state index contributed by atoms with van der Waals surface area (Å²) in [6.07, 6.45) is 4.24. The minimum atomic E-state index is -0.964. The molecule has 0 amide bonds. The second-order valence-electron chi connectivity index (χ2n) is 14.2. The number of alkyl halides is 1. The van der Waals surface area contributed by atoms with E-state index in [0.29, 0.717) is 23.5 Å². The summed E-state index contributed by atoms with van der Waals surface area (Å²) in [4.78, 5) is 15.0. The van der Waals surface area contributed by atoms with Crippen LogP contribution in [0.25, 0.3) is 0 Å². The zero-order valence-electron chi connectivity index (χ0n) is 23.1. The largest absolute Gasteiger partial charge is 0.515 e. The summed E-state index contributed by atoms with van der Waals surface area (Å²) in [5.74, 6) is 2.08. The lowest BCUT2D eigenvalue weighted by atomic mass is 9.53. The van der Waals surface area contributed by atoms with Crippen LogP contribution < -0.4 is 9.47 Å². The van der Waals surface area contributed by atoms with Crippen LogP contribution in [-0.2, 0) is 21.3 Å². The van der Waals surface area contributed by atoms with Crippen LogP contribution in [0.15, 0.2) is 12.1 Å². The Morgan fingerprint density at radius 1 is 1.26 bits per heavy atom. The fraction of sp³-hybridized carbons (Fsp3) is 0.767. The number of carbonyl (C=O) groups excluding carboxylic acids is 1. The van der Waals surface area contributed by atoms with E-state index in [0.717, 1.165) is 31.7 Å². The maximum Gasteiger partial charge on any atom is 0.515 e. The van der Waals surface area contributed by atoms with E-state index >= 15 is 0 Å². The van der Waals surface area contributed by atoms with Gasteiger partial charge in [-0.3, -0.25) is 4.90 Å². The molecule has 2 spiro atoms. The predicted molar refractivity (Wildman–Crippen MR) is 142 cm³/mol. The van der Waals surface area contributed by atoms with Crippen LogP contribution in [0.1, 0.15) is 64.5 Å². The van der Waals surface area contributed by atoms with Gasteiger partial charge in [-0.15, -0.1) is 0 Å². The monoisotopic (exact) mass is 545 g/mol. The lowest BCUT2D eigenvalue weighted by Gasteiger charge is -2.58. The van der Waals surface area contributed by atoms with E-state index < -0.39 is 11.8 Å². The fourth-order valence-electron chi connectivity index (χ4n) is 9.42. The number of nitrogens with zero attached hydrogens (tertiary/aromatic N) is 1. The zero-order chi connectivity index (χ0) is 26.8. The summed E-state index contributed by atoms with van der Waals surface area (Å²) >= 11 is 5.61. The second kappa shape index (κ2) is 8.02. The molecule has 0 aromatic heterocycles. The van der Waals surface area contributed by atoms with Crippen molar-refractivity contribution in [1.82, 2.24) is 4.90 Å². The number of ether oxygens (including phenoxy) is 4. The zero-order valence-corrected chi connectivity index (χ0v) is 23.8. The third kappa shape index (κ3) is 3.16. The summed E-state index contributed by atoms with van der Waals surface area (Å²) in [5, 5.41) is 12.1. The first-order valence-electron chi connectivity index (χ1n) is 14.2. The standard InChI is InChI=1S/C30H40ClNO6/c1-27(2,3)28(4,34)18-10-19-24-29(14-32(24)12-16-6-7-16)11-17-8-9-20(37-26(33)36-15-31)23-21(17)30(19,13-29)25(38-23)22(18)35-5/h8-9,16,18-19,22,24-25,34H,6-7,10-15H2,1-5H3/t18?,19?,22?,24?,25-,28?,29?,30?/m0/s1. The van der Waals surface area contributed by atoms with E-state index in [1.165, 1.54) is 30.5 Å². The molecule has 2 aliphatic heterocycles. The Morgan fingerprint density at radius 3 is 2.68 bits per heavy atom. The number of hydrogen-bond acceptors (Lipinski definition) is 7. The van der Waals surface area contributed by atoms with Crippen LogP contribution in [-0.4, -0.2) is 66.3 Å². The van der Waals surface area contributed by atoms with Crippen molar-refractivity contribution in [3.63, 3.8) is 0 Å². The Balaban J connectivity index is 1.37. The molecular weight excluding hydrogens is 506 g/mol. The normalized spacial score (nSPS) is 39.9. The molecule has 2 bridgehead atoms. The van der Waals surface area contributed by atoms with Gasteiger partial charge in [0.1, 0.15) is 12.2 Å². The Hall–Kier alpha value is -1.54. The van der Waals surface area contributed by atoms with Gasteiger partial charge in [0.05, 0.1) is 5.60 Å². The first-order chi connectivity index (χ1) is 18.0. The van der Waals surface area contributed by atoms with Gasteiger partial charge in [0.2, 0.25) is 0 Å². The molecule has 4 aliphatic carbocycles. The number of methoxy groups -OCH3 is 1. The molecule has 4 fully saturated rings. The Labute approximate surface area is 230 Å². The Bertz CT molecular complexity index is 1180. The number of benzene rings is 1. The average molecular weight is 546 g/mol. The van der Waals surface area contributed by atoms with Gasteiger partial charge in [-0.1, -0.05) is 38.4 Å². The molecule has 2 heterocycles. The first kappa shape index (κ1) is 25.4. The molecular formula is C30H40ClNO6. The molecule has 7 nitrogen and oxygen atoms in total. The molecule has 0 radical (unpaired) electrons. The Morgan fingerprint density at radius 2 is 2.03 bits per heavy atom. The van der Waals surface area contributed by atoms with E-state index in [-0.39, 0.29) is 40.4 Å². The van der Waals surface area contributed by atoms with Crippen LogP contribution in [0, 0.1) is 28.6 Å². The van der Waals surface area contributed by atoms with Crippen LogP contribution in [0.4, 0.5) is 4.79 Å². The maximum absolute atomic E-state index is 12.3. The van der Waals surface area contributed by atoms with Crippen LogP contribution in [0.2, 0.25) is 0 Å². The number of halogens is 1. The quantitative estimate of drug-likeness (QED) is 0.310. The third-order valence-electron chi connectivity index (χ3n) is 11.5. The topological polar surface area (TPSA) is 77.5 Å². The van der Waals surface area contributed by atoms with Crippen molar-refractivity contribution >= 4 is 17.8 Å². The van der Waals surface area contributed by atoms with Crippen molar-refractivity contribution < 1.29 is 28.8 Å². The Kier molecular flexibility index (Phi) is 5.37. The number of fused-ring (bicyclic) bond motifs is 1. The molecule has 208 valence electrons. The lowest BCUT2D eigenvalue weighted by Crippen LogP contribution is -2.67. The SMILES string of the molecule is COC1C(C(C)(O)C(C)(C)C)CC2C3N(CC4CC4)CC34Cc3ccc(OC(=O)OCCl)c5c3C2(C4)[C@H]1O5. The summed E-state index contributed by atoms with van der Waals surface area (Å²) in [7, 11) is 1.75. The highest BCUT2D eigenvalue weighted by Crippen LogP contribution is 2.75. The highest BCUT2D eigenvalue weighted by Gasteiger charge is 2.79. The minimum Gasteiger partial charge on any atom is -0.483 e. The van der Waals surface area contributed by atoms with Gasteiger partial charge in [-0.25, -0.2) is 4.79 Å². The van der Waals surface area contributed by atoms with Gasteiger partial charge in [0.15, 0.2) is 17.6 Å². The number of carbonyl (C=O) groups is 1. The van der Waals surface area contributed by atoms with Gasteiger partial charge in [0, 0.05) is 48.6 Å². The van der Waals surface area contributed by atoms with E-state index in [2.05, 4.69) is 31.7 Å². The van der Waals surface area contributed by atoms with Gasteiger partial charge in [0.25, 0.3) is 0 Å². The van der Waals surface area contributed by atoms with E-state index in [9.17, 15) is 9.90 Å². The van der Waals surface area contributed by atoms with Gasteiger partial charge >= 0.3 is 6.16 Å². The van der Waals surface area contributed by atoms with E-state index in [4.69, 9.17) is 30.5 Å². The summed E-state index contributed by atoms with van der Waals surface area (Å²) in [6, 6.07) is 4.16. The molecule has 1 aromatic carbocycles.